The lowest BCUT2D eigenvalue weighted by molar-refractivity contribution is 0.0920. The Kier molecular flexibility index (Phi) is 3.07. The predicted octanol–water partition coefficient (Wildman–Crippen LogP) is 3.42. The van der Waals surface area contributed by atoms with E-state index in [2.05, 4.69) is 10.3 Å². The number of aromatic nitrogens is 1. The molecule has 0 spiro atoms. The van der Waals surface area contributed by atoms with Gasteiger partial charge in [-0.15, -0.1) is 0 Å². The normalized spacial score (nSPS) is 16.8. The van der Waals surface area contributed by atoms with E-state index in [9.17, 15) is 4.79 Å². The van der Waals surface area contributed by atoms with Crippen LogP contribution in [0.1, 0.15) is 28.5 Å². The van der Waals surface area contributed by atoms with Gasteiger partial charge in [-0.25, -0.2) is 0 Å². The molecule has 1 atom stereocenters. The van der Waals surface area contributed by atoms with E-state index in [1.54, 1.807) is 0 Å². The molecule has 0 fully saturated rings. The SMILES string of the molecule is O=C(N[C@H]1CCOc2ccccc21)c1cc2ccccc2[nH]1. The van der Waals surface area contributed by atoms with Gasteiger partial charge < -0.3 is 15.0 Å². The summed E-state index contributed by atoms with van der Waals surface area (Å²) in [6, 6.07) is 17.6. The van der Waals surface area contributed by atoms with E-state index in [1.165, 1.54) is 0 Å². The average molecular weight is 292 g/mol. The number of nitrogens with one attached hydrogen (secondary N) is 2. The number of fused-ring (bicyclic) bond motifs is 2. The molecule has 110 valence electrons. The number of H-pyrrole nitrogens is 1. The number of amides is 1. The third-order valence-electron chi connectivity index (χ3n) is 4.04. The average Bonchev–Trinajstić information content (AvgIpc) is 2.99. The fraction of sp³-hybridized carbons (Fsp3) is 0.167. The van der Waals surface area contributed by atoms with Crippen molar-refractivity contribution in [3.63, 3.8) is 0 Å². The third kappa shape index (κ3) is 2.22. The van der Waals surface area contributed by atoms with Crippen molar-refractivity contribution in [2.75, 3.05) is 6.61 Å². The number of ether oxygens (including phenoxy) is 1. The molecule has 0 unspecified atom stereocenters. The summed E-state index contributed by atoms with van der Waals surface area (Å²) in [4.78, 5) is 15.7. The molecule has 0 saturated heterocycles. The van der Waals surface area contributed by atoms with Gasteiger partial charge in [0, 0.05) is 22.9 Å². The van der Waals surface area contributed by atoms with Gasteiger partial charge >= 0.3 is 0 Å². The number of carbonyl (C=O) groups is 1. The summed E-state index contributed by atoms with van der Waals surface area (Å²) < 4.78 is 5.63. The molecule has 4 nitrogen and oxygen atoms in total. The monoisotopic (exact) mass is 292 g/mol. The zero-order valence-corrected chi connectivity index (χ0v) is 12.0. The van der Waals surface area contributed by atoms with Crippen LogP contribution in [0.2, 0.25) is 0 Å². The Morgan fingerprint density at radius 2 is 1.95 bits per heavy atom. The lowest BCUT2D eigenvalue weighted by Gasteiger charge is -2.26. The van der Waals surface area contributed by atoms with Crippen LogP contribution in [0.5, 0.6) is 5.75 Å². The number of hydrogen-bond donors (Lipinski definition) is 2. The third-order valence-corrected chi connectivity index (χ3v) is 4.04. The molecule has 2 heterocycles. The van der Waals surface area contributed by atoms with Gasteiger partial charge in [0.15, 0.2) is 0 Å². The number of carbonyl (C=O) groups excluding carboxylic acids is 1. The van der Waals surface area contributed by atoms with Crippen LogP contribution in [-0.2, 0) is 0 Å². The van der Waals surface area contributed by atoms with Gasteiger partial charge in [-0.05, 0) is 18.2 Å². The maximum Gasteiger partial charge on any atom is 0.268 e. The molecule has 0 bridgehead atoms. The highest BCUT2D eigenvalue weighted by atomic mass is 16.5. The maximum absolute atomic E-state index is 12.5. The smallest absolute Gasteiger partial charge is 0.268 e. The van der Waals surface area contributed by atoms with Gasteiger partial charge in [-0.1, -0.05) is 36.4 Å². The molecule has 0 aliphatic carbocycles. The van der Waals surface area contributed by atoms with Gasteiger partial charge in [-0.3, -0.25) is 4.79 Å². The zero-order chi connectivity index (χ0) is 14.9. The first-order valence-electron chi connectivity index (χ1n) is 7.41. The van der Waals surface area contributed by atoms with Crippen LogP contribution in [0.15, 0.2) is 54.6 Å². The molecule has 1 amide bonds. The molecule has 4 heteroatoms. The minimum Gasteiger partial charge on any atom is -0.493 e. The summed E-state index contributed by atoms with van der Waals surface area (Å²) in [5.74, 6) is 0.772. The van der Waals surface area contributed by atoms with E-state index in [1.807, 2.05) is 54.6 Å². The highest BCUT2D eigenvalue weighted by Crippen LogP contribution is 2.31. The van der Waals surface area contributed by atoms with Crippen molar-refractivity contribution in [2.45, 2.75) is 12.5 Å². The minimum absolute atomic E-state index is 0.0103. The second-order valence-electron chi connectivity index (χ2n) is 5.47. The molecule has 0 saturated carbocycles. The second-order valence-corrected chi connectivity index (χ2v) is 5.47. The highest BCUT2D eigenvalue weighted by molar-refractivity contribution is 5.98. The molecule has 22 heavy (non-hydrogen) atoms. The Morgan fingerprint density at radius 3 is 2.86 bits per heavy atom. The Balaban J connectivity index is 1.60. The van der Waals surface area contributed by atoms with E-state index in [-0.39, 0.29) is 11.9 Å². The summed E-state index contributed by atoms with van der Waals surface area (Å²) in [5.41, 5.74) is 2.60. The standard InChI is InChI=1S/C18H16N2O2/c21-18(16-11-12-5-1-3-7-14(12)19-16)20-15-9-10-22-17-8-4-2-6-13(15)17/h1-8,11,15,19H,9-10H2,(H,20,21)/t15-/m0/s1. The molecule has 2 N–H and O–H groups in total. The van der Waals surface area contributed by atoms with E-state index < -0.39 is 0 Å². The molecule has 0 radical (unpaired) electrons. The first kappa shape index (κ1) is 13.0. The number of benzene rings is 2. The largest absolute Gasteiger partial charge is 0.493 e. The first-order valence-corrected chi connectivity index (χ1v) is 7.41. The Hall–Kier alpha value is -2.75. The van der Waals surface area contributed by atoms with Crippen molar-refractivity contribution in [2.24, 2.45) is 0 Å². The summed E-state index contributed by atoms with van der Waals surface area (Å²) in [6.07, 6.45) is 0.781. The van der Waals surface area contributed by atoms with E-state index in [0.29, 0.717) is 12.3 Å². The van der Waals surface area contributed by atoms with Crippen molar-refractivity contribution in [3.8, 4) is 5.75 Å². The van der Waals surface area contributed by atoms with Gasteiger partial charge in [0.05, 0.1) is 12.6 Å². The molecule has 1 aromatic heterocycles. The molecular weight excluding hydrogens is 276 g/mol. The Morgan fingerprint density at radius 1 is 1.14 bits per heavy atom. The van der Waals surface area contributed by atoms with Crippen molar-refractivity contribution in [1.29, 1.82) is 0 Å². The molecule has 1 aliphatic rings. The summed E-state index contributed by atoms with van der Waals surface area (Å²) in [6.45, 7) is 0.620. The van der Waals surface area contributed by atoms with Crippen molar-refractivity contribution < 1.29 is 9.53 Å². The van der Waals surface area contributed by atoms with Crippen LogP contribution in [0.3, 0.4) is 0 Å². The summed E-state index contributed by atoms with van der Waals surface area (Å²) in [7, 11) is 0. The van der Waals surface area contributed by atoms with Crippen molar-refractivity contribution in [1.82, 2.24) is 10.3 Å². The predicted molar refractivity (Wildman–Crippen MR) is 85.1 cm³/mol. The molecule has 3 aromatic rings. The van der Waals surface area contributed by atoms with Gasteiger partial charge in [0.25, 0.3) is 5.91 Å². The van der Waals surface area contributed by atoms with Crippen LogP contribution < -0.4 is 10.1 Å². The van der Waals surface area contributed by atoms with E-state index >= 15 is 0 Å². The van der Waals surface area contributed by atoms with Gasteiger partial charge in [0.1, 0.15) is 11.4 Å². The lowest BCUT2D eigenvalue weighted by Crippen LogP contribution is -2.32. The van der Waals surface area contributed by atoms with E-state index in [0.717, 1.165) is 28.6 Å². The molecule has 1 aliphatic heterocycles. The van der Waals surface area contributed by atoms with Crippen LogP contribution in [0, 0.1) is 0 Å². The lowest BCUT2D eigenvalue weighted by atomic mass is 10.0. The quantitative estimate of drug-likeness (QED) is 0.760. The zero-order valence-electron chi connectivity index (χ0n) is 12.0. The molecule has 4 rings (SSSR count). The molecular formula is C18H16N2O2. The van der Waals surface area contributed by atoms with E-state index in [4.69, 9.17) is 4.74 Å². The number of para-hydroxylation sites is 2. The highest BCUT2D eigenvalue weighted by Gasteiger charge is 2.23. The summed E-state index contributed by atoms with van der Waals surface area (Å²) in [5, 5.41) is 4.14. The van der Waals surface area contributed by atoms with Crippen LogP contribution >= 0.6 is 0 Å². The molecule has 2 aromatic carbocycles. The number of rotatable bonds is 2. The summed E-state index contributed by atoms with van der Waals surface area (Å²) >= 11 is 0. The number of hydrogen-bond acceptors (Lipinski definition) is 2. The Bertz CT molecular complexity index is 805. The fourth-order valence-corrected chi connectivity index (χ4v) is 2.92. The Labute approximate surface area is 128 Å². The van der Waals surface area contributed by atoms with Crippen LogP contribution in [-0.4, -0.2) is 17.5 Å². The maximum atomic E-state index is 12.5. The van der Waals surface area contributed by atoms with Crippen molar-refractivity contribution in [3.05, 3.63) is 65.9 Å². The van der Waals surface area contributed by atoms with Gasteiger partial charge in [0.2, 0.25) is 0 Å². The van der Waals surface area contributed by atoms with Crippen molar-refractivity contribution >= 4 is 16.8 Å². The topological polar surface area (TPSA) is 54.1 Å². The fourth-order valence-electron chi connectivity index (χ4n) is 2.92. The minimum atomic E-state index is -0.0853. The van der Waals surface area contributed by atoms with Gasteiger partial charge in [-0.2, -0.15) is 0 Å². The second kappa shape index (κ2) is 5.22. The van der Waals surface area contributed by atoms with Crippen LogP contribution in [0.4, 0.5) is 0 Å². The van der Waals surface area contributed by atoms with Crippen LogP contribution in [0.25, 0.3) is 10.9 Å². The first-order chi connectivity index (χ1) is 10.8. The number of aromatic amines is 1.